The van der Waals surface area contributed by atoms with E-state index in [1.165, 1.54) is 43.2 Å². The largest absolute Gasteiger partial charge is 0.310 e. The Morgan fingerprint density at radius 2 is 1.94 bits per heavy atom. The number of hydrogen-bond acceptors (Lipinski definition) is 1. The minimum Gasteiger partial charge on any atom is -0.310 e. The Balaban J connectivity index is 1.85. The average molecular weight is 245 g/mol. The molecule has 1 heteroatoms. The summed E-state index contributed by atoms with van der Waals surface area (Å²) in [5, 5.41) is 3.76. The molecule has 100 valence electrons. The Bertz CT molecular complexity index is 381. The normalized spacial score (nSPS) is 23.6. The molecule has 0 aromatic heterocycles. The van der Waals surface area contributed by atoms with Gasteiger partial charge in [0.05, 0.1) is 0 Å². The molecule has 0 heterocycles. The van der Waals surface area contributed by atoms with Crippen LogP contribution in [0.2, 0.25) is 0 Å². The van der Waals surface area contributed by atoms with Crippen molar-refractivity contribution in [1.29, 1.82) is 0 Å². The Kier molecular flexibility index (Phi) is 4.45. The van der Waals surface area contributed by atoms with Crippen LogP contribution in [0.4, 0.5) is 0 Å². The van der Waals surface area contributed by atoms with Crippen LogP contribution in [0.25, 0.3) is 0 Å². The van der Waals surface area contributed by atoms with E-state index in [0.29, 0.717) is 11.5 Å². The van der Waals surface area contributed by atoms with Gasteiger partial charge in [-0.05, 0) is 49.1 Å². The molecular formula is C17H27N. The van der Waals surface area contributed by atoms with Crippen LogP contribution in [0.3, 0.4) is 0 Å². The summed E-state index contributed by atoms with van der Waals surface area (Å²) in [6.07, 6.45) is 6.79. The van der Waals surface area contributed by atoms with Crippen molar-refractivity contribution in [3.05, 3.63) is 35.4 Å². The molecular weight excluding hydrogens is 218 g/mol. The van der Waals surface area contributed by atoms with Crippen molar-refractivity contribution in [2.24, 2.45) is 5.41 Å². The van der Waals surface area contributed by atoms with E-state index in [4.69, 9.17) is 0 Å². The summed E-state index contributed by atoms with van der Waals surface area (Å²) in [5.41, 5.74) is 3.40. The van der Waals surface area contributed by atoms with Gasteiger partial charge in [0.1, 0.15) is 0 Å². The van der Waals surface area contributed by atoms with Gasteiger partial charge in [0, 0.05) is 12.6 Å². The zero-order valence-corrected chi connectivity index (χ0v) is 12.1. The highest BCUT2D eigenvalue weighted by Crippen LogP contribution is 2.33. The molecule has 1 fully saturated rings. The fraction of sp³-hybridized carbons (Fsp3) is 0.647. The minimum absolute atomic E-state index is 0.555. The zero-order chi connectivity index (χ0) is 13.0. The monoisotopic (exact) mass is 245 g/mol. The van der Waals surface area contributed by atoms with Crippen molar-refractivity contribution >= 4 is 0 Å². The molecule has 1 saturated carbocycles. The molecule has 0 amide bonds. The van der Waals surface area contributed by atoms with Crippen molar-refractivity contribution in [1.82, 2.24) is 5.32 Å². The number of rotatable bonds is 3. The van der Waals surface area contributed by atoms with Gasteiger partial charge in [-0.15, -0.1) is 0 Å². The molecule has 1 aromatic rings. The molecule has 1 N–H and O–H groups in total. The second-order valence-corrected chi connectivity index (χ2v) is 6.60. The molecule has 2 rings (SSSR count). The molecule has 0 aliphatic heterocycles. The van der Waals surface area contributed by atoms with Gasteiger partial charge in [-0.25, -0.2) is 0 Å². The van der Waals surface area contributed by atoms with E-state index in [1.54, 1.807) is 0 Å². The highest BCUT2D eigenvalue weighted by atomic mass is 14.9. The Hall–Kier alpha value is -0.820. The smallest absolute Gasteiger partial charge is 0.0210 e. The molecule has 0 bridgehead atoms. The van der Waals surface area contributed by atoms with Crippen LogP contribution < -0.4 is 5.32 Å². The summed E-state index contributed by atoms with van der Waals surface area (Å²) in [5.74, 6) is 0. The third kappa shape index (κ3) is 3.84. The lowest BCUT2D eigenvalue weighted by Crippen LogP contribution is -2.28. The van der Waals surface area contributed by atoms with Gasteiger partial charge in [-0.2, -0.15) is 0 Å². The van der Waals surface area contributed by atoms with Crippen LogP contribution in [0.1, 0.15) is 57.1 Å². The fourth-order valence-corrected chi connectivity index (χ4v) is 2.93. The van der Waals surface area contributed by atoms with E-state index in [1.807, 2.05) is 0 Å². The predicted molar refractivity (Wildman–Crippen MR) is 78.7 cm³/mol. The summed E-state index contributed by atoms with van der Waals surface area (Å²) in [4.78, 5) is 0. The summed E-state index contributed by atoms with van der Waals surface area (Å²) >= 11 is 0. The van der Waals surface area contributed by atoms with E-state index < -0.39 is 0 Å². The van der Waals surface area contributed by atoms with E-state index in [-0.39, 0.29) is 0 Å². The van der Waals surface area contributed by atoms with Gasteiger partial charge in [0.15, 0.2) is 0 Å². The lowest BCUT2D eigenvalue weighted by atomic mass is 9.85. The van der Waals surface area contributed by atoms with Crippen LogP contribution in [-0.4, -0.2) is 6.04 Å². The zero-order valence-electron chi connectivity index (χ0n) is 12.1. The predicted octanol–water partition coefficient (Wildman–Crippen LogP) is 4.44. The van der Waals surface area contributed by atoms with E-state index >= 15 is 0 Å². The summed E-state index contributed by atoms with van der Waals surface area (Å²) in [6, 6.07) is 9.41. The van der Waals surface area contributed by atoms with Crippen LogP contribution >= 0.6 is 0 Å². The number of hydrogen-bond donors (Lipinski definition) is 1. The van der Waals surface area contributed by atoms with Gasteiger partial charge in [0.2, 0.25) is 0 Å². The third-order valence-corrected chi connectivity index (χ3v) is 4.42. The Morgan fingerprint density at radius 3 is 2.72 bits per heavy atom. The van der Waals surface area contributed by atoms with Crippen molar-refractivity contribution < 1.29 is 0 Å². The number of nitrogens with one attached hydrogen (secondary N) is 1. The van der Waals surface area contributed by atoms with Gasteiger partial charge in [-0.3, -0.25) is 0 Å². The molecule has 0 radical (unpaired) electrons. The minimum atomic E-state index is 0.555. The van der Waals surface area contributed by atoms with Crippen molar-refractivity contribution in [2.45, 2.75) is 65.5 Å². The van der Waals surface area contributed by atoms with Crippen LogP contribution in [0.15, 0.2) is 24.3 Å². The maximum atomic E-state index is 3.76. The molecule has 1 atom stereocenters. The first-order chi connectivity index (χ1) is 8.57. The van der Waals surface area contributed by atoms with Crippen molar-refractivity contribution in [2.75, 3.05) is 0 Å². The fourth-order valence-electron chi connectivity index (χ4n) is 2.93. The van der Waals surface area contributed by atoms with E-state index in [0.717, 1.165) is 6.54 Å². The van der Waals surface area contributed by atoms with Crippen molar-refractivity contribution in [3.8, 4) is 0 Å². The van der Waals surface area contributed by atoms with Crippen LogP contribution in [0.5, 0.6) is 0 Å². The van der Waals surface area contributed by atoms with Crippen molar-refractivity contribution in [3.63, 3.8) is 0 Å². The lowest BCUT2D eigenvalue weighted by Gasteiger charge is -2.22. The highest BCUT2D eigenvalue weighted by Gasteiger charge is 2.23. The standard InChI is InChI=1S/C17H27N/c1-14-7-4-5-8-15(14)13-18-16-9-6-11-17(2,3)12-10-16/h4-5,7-8,16,18H,6,9-13H2,1-3H3. The van der Waals surface area contributed by atoms with Crippen LogP contribution in [0, 0.1) is 12.3 Å². The Labute approximate surface area is 112 Å². The van der Waals surface area contributed by atoms with Gasteiger partial charge in [-0.1, -0.05) is 44.5 Å². The number of benzene rings is 1. The first-order valence-electron chi connectivity index (χ1n) is 7.35. The molecule has 1 aromatic carbocycles. The van der Waals surface area contributed by atoms with Crippen LogP contribution in [-0.2, 0) is 6.54 Å². The van der Waals surface area contributed by atoms with Gasteiger partial charge < -0.3 is 5.32 Å². The van der Waals surface area contributed by atoms with E-state index in [2.05, 4.69) is 50.4 Å². The molecule has 1 nitrogen and oxygen atoms in total. The lowest BCUT2D eigenvalue weighted by molar-refractivity contribution is 0.309. The maximum Gasteiger partial charge on any atom is 0.0210 e. The molecule has 0 saturated heterocycles. The average Bonchev–Trinajstić information content (AvgIpc) is 2.50. The van der Waals surface area contributed by atoms with Gasteiger partial charge >= 0.3 is 0 Å². The quantitative estimate of drug-likeness (QED) is 0.776. The maximum absolute atomic E-state index is 3.76. The van der Waals surface area contributed by atoms with Gasteiger partial charge in [0.25, 0.3) is 0 Å². The number of aryl methyl sites for hydroxylation is 1. The SMILES string of the molecule is Cc1ccccc1CNC1CCCC(C)(C)CC1. The molecule has 1 unspecified atom stereocenters. The molecule has 18 heavy (non-hydrogen) atoms. The second kappa shape index (κ2) is 5.88. The Morgan fingerprint density at radius 1 is 1.17 bits per heavy atom. The molecule has 0 spiro atoms. The second-order valence-electron chi connectivity index (χ2n) is 6.60. The highest BCUT2D eigenvalue weighted by molar-refractivity contribution is 5.25. The molecule has 1 aliphatic rings. The first kappa shape index (κ1) is 13.6. The summed E-state index contributed by atoms with van der Waals surface area (Å²) in [6.45, 7) is 8.05. The summed E-state index contributed by atoms with van der Waals surface area (Å²) in [7, 11) is 0. The molecule has 1 aliphatic carbocycles. The van der Waals surface area contributed by atoms with E-state index in [9.17, 15) is 0 Å². The third-order valence-electron chi connectivity index (χ3n) is 4.42. The first-order valence-corrected chi connectivity index (χ1v) is 7.35. The topological polar surface area (TPSA) is 12.0 Å². The summed E-state index contributed by atoms with van der Waals surface area (Å²) < 4.78 is 0.